The van der Waals surface area contributed by atoms with Crippen LogP contribution in [0.1, 0.15) is 425 Å². The molecule has 476 valence electrons. The third-order valence-corrected chi connectivity index (χ3v) is 17.6. The van der Waals surface area contributed by atoms with Crippen molar-refractivity contribution in [2.24, 2.45) is 0 Å². The normalized spacial score (nSPS) is 12.5. The van der Waals surface area contributed by atoms with Gasteiger partial charge in [-0.25, -0.2) is 0 Å². The Balaban J connectivity index is 3.33. The third kappa shape index (κ3) is 65.7. The van der Waals surface area contributed by atoms with Crippen molar-refractivity contribution in [1.29, 1.82) is 0 Å². The van der Waals surface area contributed by atoms with Crippen LogP contribution in [0.4, 0.5) is 0 Å². The third-order valence-electron chi connectivity index (χ3n) is 17.6. The van der Waals surface area contributed by atoms with Crippen LogP contribution < -0.4 is 5.32 Å². The van der Waals surface area contributed by atoms with E-state index in [9.17, 15) is 19.8 Å². The van der Waals surface area contributed by atoms with Gasteiger partial charge in [0.15, 0.2) is 0 Å². The number of ether oxygens (including phenoxy) is 1. The molecule has 0 rings (SSSR count). The Hall–Kier alpha value is -1.40. The predicted octanol–water partition coefficient (Wildman–Crippen LogP) is 23.9. The SMILES string of the molecule is CCCCCCCCCCCCCCCCCC(=O)OCCCCCCCCCCCCCC/C=C\CCCCCCCCCCCCCCCCCCCC(=O)NC(CO)C(O)CCCCCCCCCCCCCCCCC. The zero-order valence-corrected chi connectivity index (χ0v) is 54.6. The van der Waals surface area contributed by atoms with Gasteiger partial charge in [-0.05, 0) is 51.4 Å². The van der Waals surface area contributed by atoms with Crippen LogP contribution in [0.5, 0.6) is 0 Å². The first-order valence-electron chi connectivity index (χ1n) is 36.9. The largest absolute Gasteiger partial charge is 0.466 e. The van der Waals surface area contributed by atoms with Gasteiger partial charge in [0, 0.05) is 12.8 Å². The van der Waals surface area contributed by atoms with E-state index in [-0.39, 0.29) is 18.5 Å². The summed E-state index contributed by atoms with van der Waals surface area (Å²) in [6.45, 7) is 5.00. The van der Waals surface area contributed by atoms with Crippen molar-refractivity contribution in [1.82, 2.24) is 5.32 Å². The number of amides is 1. The molecule has 6 nitrogen and oxygen atoms in total. The lowest BCUT2D eigenvalue weighted by molar-refractivity contribution is -0.143. The smallest absolute Gasteiger partial charge is 0.305 e. The number of aliphatic hydroxyl groups excluding tert-OH is 2. The molecule has 0 radical (unpaired) electrons. The number of carbonyl (C=O) groups excluding carboxylic acids is 2. The van der Waals surface area contributed by atoms with E-state index in [4.69, 9.17) is 4.74 Å². The molecule has 0 aliphatic carbocycles. The number of unbranched alkanes of at least 4 members (excludes halogenated alkanes) is 57. The van der Waals surface area contributed by atoms with Gasteiger partial charge in [0.05, 0.1) is 25.4 Å². The van der Waals surface area contributed by atoms with Crippen LogP contribution >= 0.6 is 0 Å². The van der Waals surface area contributed by atoms with Crippen LogP contribution in [0.3, 0.4) is 0 Å². The Labute approximate surface area is 501 Å². The molecule has 80 heavy (non-hydrogen) atoms. The van der Waals surface area contributed by atoms with Gasteiger partial charge < -0.3 is 20.3 Å². The topological polar surface area (TPSA) is 95.9 Å². The average molecular weight is 1130 g/mol. The van der Waals surface area contributed by atoms with E-state index < -0.39 is 12.1 Å². The Morgan fingerprint density at radius 3 is 0.887 bits per heavy atom. The monoisotopic (exact) mass is 1130 g/mol. The van der Waals surface area contributed by atoms with Crippen molar-refractivity contribution in [3.63, 3.8) is 0 Å². The second-order valence-corrected chi connectivity index (χ2v) is 25.6. The summed E-state index contributed by atoms with van der Waals surface area (Å²) in [6.07, 6.45) is 87.1. The van der Waals surface area contributed by atoms with Crippen LogP contribution in [0.2, 0.25) is 0 Å². The molecule has 0 saturated heterocycles. The van der Waals surface area contributed by atoms with Gasteiger partial charge in [-0.3, -0.25) is 9.59 Å². The lowest BCUT2D eigenvalue weighted by atomic mass is 10.0. The van der Waals surface area contributed by atoms with Crippen molar-refractivity contribution < 1.29 is 24.5 Å². The van der Waals surface area contributed by atoms with Crippen LogP contribution in [-0.2, 0) is 14.3 Å². The first-order valence-corrected chi connectivity index (χ1v) is 36.9. The Kier molecular flexibility index (Phi) is 68.9. The standard InChI is InChI=1S/C74H145NO5/c1-3-5-7-9-11-13-15-17-38-42-46-50-54-58-62-66-72(77)71(70-76)75-73(78)67-63-59-55-51-47-43-40-36-34-32-30-28-26-24-22-20-19-21-23-25-27-29-31-33-35-37-41-45-49-53-57-61-65-69-80-74(79)68-64-60-56-52-48-44-39-18-16-14-12-10-8-6-4-2/h23,25,71-72,76-77H,3-22,24,26-70H2,1-2H3,(H,75,78)/b25-23-. The van der Waals surface area contributed by atoms with E-state index in [2.05, 4.69) is 31.3 Å². The van der Waals surface area contributed by atoms with Gasteiger partial charge in [-0.1, -0.05) is 373 Å². The van der Waals surface area contributed by atoms with Crippen LogP contribution in [-0.4, -0.2) is 47.4 Å². The van der Waals surface area contributed by atoms with Crippen LogP contribution in [0.25, 0.3) is 0 Å². The van der Waals surface area contributed by atoms with E-state index in [0.717, 1.165) is 38.5 Å². The zero-order valence-electron chi connectivity index (χ0n) is 54.6. The first-order chi connectivity index (χ1) is 39.5. The molecule has 0 aliphatic heterocycles. The summed E-state index contributed by atoms with van der Waals surface area (Å²) in [6, 6.07) is -0.538. The maximum atomic E-state index is 12.5. The molecule has 0 aromatic carbocycles. The molecule has 0 spiro atoms. The van der Waals surface area contributed by atoms with Gasteiger partial charge in [0.25, 0.3) is 0 Å². The highest BCUT2D eigenvalue weighted by atomic mass is 16.5. The molecule has 2 unspecified atom stereocenters. The number of nitrogens with one attached hydrogen (secondary N) is 1. The summed E-state index contributed by atoms with van der Waals surface area (Å²) in [5.74, 6) is -0.00571. The quantitative estimate of drug-likeness (QED) is 0.0320. The number of aliphatic hydroxyl groups is 2. The summed E-state index contributed by atoms with van der Waals surface area (Å²) < 4.78 is 5.50. The number of hydrogen-bond acceptors (Lipinski definition) is 5. The minimum atomic E-state index is -0.661. The maximum Gasteiger partial charge on any atom is 0.305 e. The number of hydrogen-bond donors (Lipinski definition) is 3. The van der Waals surface area contributed by atoms with Gasteiger partial charge in [-0.2, -0.15) is 0 Å². The fourth-order valence-electron chi connectivity index (χ4n) is 11.9. The summed E-state index contributed by atoms with van der Waals surface area (Å²) in [7, 11) is 0. The predicted molar refractivity (Wildman–Crippen MR) is 352 cm³/mol. The molecule has 1 amide bonds. The van der Waals surface area contributed by atoms with E-state index in [1.807, 2.05) is 0 Å². The number of rotatable bonds is 70. The number of carbonyl (C=O) groups is 2. The van der Waals surface area contributed by atoms with Gasteiger partial charge in [0.1, 0.15) is 0 Å². The molecular weight excluding hydrogens is 983 g/mol. The second kappa shape index (κ2) is 70.1. The van der Waals surface area contributed by atoms with Crippen LogP contribution in [0, 0.1) is 0 Å². The highest BCUT2D eigenvalue weighted by Gasteiger charge is 2.20. The highest BCUT2D eigenvalue weighted by molar-refractivity contribution is 5.76. The maximum absolute atomic E-state index is 12.5. The summed E-state index contributed by atoms with van der Waals surface area (Å²) in [5.41, 5.74) is 0. The Morgan fingerprint density at radius 1 is 0.338 bits per heavy atom. The Morgan fingerprint density at radius 2 is 0.588 bits per heavy atom. The molecule has 0 saturated carbocycles. The van der Waals surface area contributed by atoms with E-state index >= 15 is 0 Å². The minimum absolute atomic E-state index is 0.0226. The van der Waals surface area contributed by atoms with Crippen LogP contribution in [0.15, 0.2) is 12.2 Å². The van der Waals surface area contributed by atoms with Gasteiger partial charge in [0.2, 0.25) is 5.91 Å². The molecule has 6 heteroatoms. The van der Waals surface area contributed by atoms with Crippen molar-refractivity contribution in [3.05, 3.63) is 12.2 Å². The average Bonchev–Trinajstić information content (AvgIpc) is 3.46. The summed E-state index contributed by atoms with van der Waals surface area (Å²) in [5, 5.41) is 23.3. The number of allylic oxidation sites excluding steroid dienone is 2. The molecule has 2 atom stereocenters. The first kappa shape index (κ1) is 78.6. The molecule has 3 N–H and O–H groups in total. The van der Waals surface area contributed by atoms with Gasteiger partial charge >= 0.3 is 5.97 Å². The summed E-state index contributed by atoms with van der Waals surface area (Å²) >= 11 is 0. The fraction of sp³-hybridized carbons (Fsp3) is 0.946. The minimum Gasteiger partial charge on any atom is -0.466 e. The highest BCUT2D eigenvalue weighted by Crippen LogP contribution is 2.19. The van der Waals surface area contributed by atoms with Crippen molar-refractivity contribution in [3.8, 4) is 0 Å². The lowest BCUT2D eigenvalue weighted by Crippen LogP contribution is -2.45. The number of esters is 1. The van der Waals surface area contributed by atoms with E-state index in [0.29, 0.717) is 25.9 Å². The van der Waals surface area contributed by atoms with E-state index in [1.54, 1.807) is 0 Å². The molecule has 0 fully saturated rings. The van der Waals surface area contributed by atoms with Crippen molar-refractivity contribution >= 4 is 11.9 Å². The molecule has 0 aliphatic rings. The summed E-state index contributed by atoms with van der Waals surface area (Å²) in [4.78, 5) is 24.6. The fourth-order valence-corrected chi connectivity index (χ4v) is 11.9. The van der Waals surface area contributed by atoms with Crippen molar-refractivity contribution in [2.45, 2.75) is 437 Å². The molecular formula is C74H145NO5. The second-order valence-electron chi connectivity index (χ2n) is 25.6. The Bertz CT molecular complexity index is 1210. The molecule has 0 aromatic heterocycles. The van der Waals surface area contributed by atoms with Crippen molar-refractivity contribution in [2.75, 3.05) is 13.2 Å². The van der Waals surface area contributed by atoms with Gasteiger partial charge in [-0.15, -0.1) is 0 Å². The molecule has 0 aromatic rings. The lowest BCUT2D eigenvalue weighted by Gasteiger charge is -2.22. The molecule has 0 bridgehead atoms. The molecule has 0 heterocycles. The van der Waals surface area contributed by atoms with E-state index in [1.165, 1.54) is 353 Å². The zero-order chi connectivity index (χ0) is 57.8.